The molecule has 3 heterocycles. The first-order valence-electron chi connectivity index (χ1n) is 9.19. The number of nitrogens with zero attached hydrogens (tertiary/aromatic N) is 2. The number of aromatic amines is 1. The Morgan fingerprint density at radius 2 is 2.00 bits per heavy atom. The van der Waals surface area contributed by atoms with Gasteiger partial charge in [-0.1, -0.05) is 18.2 Å². The summed E-state index contributed by atoms with van der Waals surface area (Å²) < 4.78 is 0. The second-order valence-corrected chi connectivity index (χ2v) is 6.52. The number of nitrogens with one attached hydrogen (secondary N) is 2. The summed E-state index contributed by atoms with van der Waals surface area (Å²) in [6.45, 7) is 1.85. The van der Waals surface area contributed by atoms with E-state index in [2.05, 4.69) is 40.4 Å². The number of fused-ring (bicyclic) bond motifs is 2. The Kier molecular flexibility index (Phi) is 6.19. The Bertz CT molecular complexity index is 1170. The fourth-order valence-corrected chi connectivity index (χ4v) is 3.36. The molecular weight excluding hydrogens is 368 g/mol. The maximum atomic E-state index is 11.6. The van der Waals surface area contributed by atoms with Crippen LogP contribution in [0.5, 0.6) is 0 Å². The van der Waals surface area contributed by atoms with Gasteiger partial charge in [0.1, 0.15) is 5.65 Å². The molecule has 1 amide bonds. The molecule has 4 aromatic rings. The number of hydrogen-bond acceptors (Lipinski definition) is 4. The van der Waals surface area contributed by atoms with Gasteiger partial charge >= 0.3 is 0 Å². The molecule has 0 spiro atoms. The van der Waals surface area contributed by atoms with Gasteiger partial charge in [0.15, 0.2) is 0 Å². The summed E-state index contributed by atoms with van der Waals surface area (Å²) in [4.78, 5) is 32.5. The average Bonchev–Trinajstić information content (AvgIpc) is 3.17. The smallest absolute Gasteiger partial charge is 0.290 e. The number of rotatable bonds is 4. The molecule has 0 bridgehead atoms. The molecule has 4 rings (SSSR count). The highest BCUT2D eigenvalue weighted by Crippen LogP contribution is 2.30. The highest BCUT2D eigenvalue weighted by molar-refractivity contribution is 5.95. The van der Waals surface area contributed by atoms with Crippen molar-refractivity contribution in [3.63, 3.8) is 0 Å². The molecule has 0 aliphatic heterocycles. The van der Waals surface area contributed by atoms with Crippen molar-refractivity contribution in [1.29, 1.82) is 0 Å². The lowest BCUT2D eigenvalue weighted by Crippen LogP contribution is -2.18. The number of carbonyl (C=O) groups is 2. The van der Waals surface area contributed by atoms with E-state index in [1.54, 1.807) is 13.2 Å². The summed E-state index contributed by atoms with van der Waals surface area (Å²) in [7, 11) is 1.66. The standard InChI is InChI=1S/C21H20N4O.CH2O2/c1-13-11-18(17-12-24-21-16(17)7-4-10-23-21)25-20-14(5-3-6-15(13)20)8-9-19(26)22-2;2-1-3/h3-7,10-12H,8-9H2,1-2H3,(H,22,26)(H,23,24);1H,(H,2,3). The average molecular weight is 390 g/mol. The normalized spacial score (nSPS) is 10.4. The number of hydrogen-bond donors (Lipinski definition) is 3. The van der Waals surface area contributed by atoms with E-state index in [0.717, 1.165) is 38.8 Å². The highest BCUT2D eigenvalue weighted by Gasteiger charge is 2.12. The first-order chi connectivity index (χ1) is 14.1. The lowest BCUT2D eigenvalue weighted by Gasteiger charge is -2.10. The highest BCUT2D eigenvalue weighted by atomic mass is 16.3. The van der Waals surface area contributed by atoms with Gasteiger partial charge in [0.05, 0.1) is 11.2 Å². The van der Waals surface area contributed by atoms with E-state index in [9.17, 15) is 4.79 Å². The quantitative estimate of drug-likeness (QED) is 0.463. The second-order valence-electron chi connectivity index (χ2n) is 6.52. The SMILES string of the molecule is CNC(=O)CCc1cccc2c(C)cc(-c3c[nH]c4ncccc34)nc12.O=CO. The summed E-state index contributed by atoms with van der Waals surface area (Å²) in [5.41, 5.74) is 6.04. The minimum absolute atomic E-state index is 0.0394. The molecule has 7 nitrogen and oxygen atoms in total. The molecule has 0 radical (unpaired) electrons. The molecular formula is C22H22N4O3. The third-order valence-electron chi connectivity index (χ3n) is 4.76. The molecule has 0 saturated heterocycles. The molecule has 0 atom stereocenters. The Balaban J connectivity index is 0.000000755. The van der Waals surface area contributed by atoms with Crippen molar-refractivity contribution < 1.29 is 14.7 Å². The first-order valence-corrected chi connectivity index (χ1v) is 9.19. The number of aromatic nitrogens is 3. The van der Waals surface area contributed by atoms with Gasteiger partial charge in [0.25, 0.3) is 6.47 Å². The Morgan fingerprint density at radius 1 is 1.24 bits per heavy atom. The Morgan fingerprint density at radius 3 is 2.76 bits per heavy atom. The van der Waals surface area contributed by atoms with Crippen LogP contribution in [0.15, 0.2) is 48.8 Å². The number of para-hydroxylation sites is 1. The third kappa shape index (κ3) is 4.24. The van der Waals surface area contributed by atoms with E-state index < -0.39 is 0 Å². The van der Waals surface area contributed by atoms with Crippen LogP contribution >= 0.6 is 0 Å². The van der Waals surface area contributed by atoms with Crippen LogP contribution < -0.4 is 5.32 Å². The van der Waals surface area contributed by atoms with Crippen molar-refractivity contribution in [2.75, 3.05) is 7.05 Å². The minimum Gasteiger partial charge on any atom is -0.483 e. The monoisotopic (exact) mass is 390 g/mol. The van der Waals surface area contributed by atoms with Crippen molar-refractivity contribution in [2.24, 2.45) is 0 Å². The van der Waals surface area contributed by atoms with Gasteiger partial charge in [0, 0.05) is 42.2 Å². The number of pyridine rings is 2. The minimum atomic E-state index is -0.250. The topological polar surface area (TPSA) is 108 Å². The van der Waals surface area contributed by atoms with Crippen molar-refractivity contribution in [3.8, 4) is 11.3 Å². The largest absolute Gasteiger partial charge is 0.483 e. The predicted octanol–water partition coefficient (Wildman–Crippen LogP) is 3.47. The molecule has 1 aromatic carbocycles. The lowest BCUT2D eigenvalue weighted by molar-refractivity contribution is -0.123. The molecule has 0 aliphatic rings. The van der Waals surface area contributed by atoms with Gasteiger partial charge in [-0.2, -0.15) is 0 Å². The number of carbonyl (C=O) groups excluding carboxylic acids is 1. The van der Waals surface area contributed by atoms with Gasteiger partial charge < -0.3 is 15.4 Å². The fourth-order valence-electron chi connectivity index (χ4n) is 3.36. The summed E-state index contributed by atoms with van der Waals surface area (Å²) in [5.74, 6) is 0.0394. The van der Waals surface area contributed by atoms with E-state index in [1.165, 1.54) is 5.56 Å². The van der Waals surface area contributed by atoms with E-state index in [0.29, 0.717) is 12.8 Å². The van der Waals surface area contributed by atoms with Crippen molar-refractivity contribution >= 4 is 34.3 Å². The molecule has 3 aromatic heterocycles. The first kappa shape index (κ1) is 20.0. The summed E-state index contributed by atoms with van der Waals surface area (Å²) in [5, 5.41) is 11.8. The lowest BCUT2D eigenvalue weighted by atomic mass is 10.00. The summed E-state index contributed by atoms with van der Waals surface area (Å²) in [6.07, 6.45) is 4.86. The van der Waals surface area contributed by atoms with Crippen LogP contribution in [-0.4, -0.2) is 39.5 Å². The summed E-state index contributed by atoms with van der Waals surface area (Å²) in [6, 6.07) is 12.3. The maximum absolute atomic E-state index is 11.6. The maximum Gasteiger partial charge on any atom is 0.290 e. The van der Waals surface area contributed by atoms with Gasteiger partial charge in [-0.05, 0) is 42.7 Å². The number of carboxylic acid groups (broad SMARTS) is 1. The van der Waals surface area contributed by atoms with Gasteiger partial charge in [-0.25, -0.2) is 9.97 Å². The number of amides is 1. The number of benzene rings is 1. The zero-order valence-electron chi connectivity index (χ0n) is 16.3. The fraction of sp³-hybridized carbons (Fsp3) is 0.182. The number of aryl methyl sites for hydroxylation is 2. The van der Waals surface area contributed by atoms with Crippen molar-refractivity contribution in [2.45, 2.75) is 19.8 Å². The second kappa shape index (κ2) is 8.97. The molecule has 0 aliphatic carbocycles. The Labute approximate surface area is 167 Å². The van der Waals surface area contributed by atoms with Crippen LogP contribution in [0.3, 0.4) is 0 Å². The van der Waals surface area contributed by atoms with Crippen LogP contribution in [0.25, 0.3) is 33.2 Å². The van der Waals surface area contributed by atoms with Gasteiger partial charge in [0.2, 0.25) is 5.91 Å². The van der Waals surface area contributed by atoms with Gasteiger partial charge in [-0.15, -0.1) is 0 Å². The van der Waals surface area contributed by atoms with Crippen LogP contribution in [-0.2, 0) is 16.0 Å². The van der Waals surface area contributed by atoms with E-state index >= 15 is 0 Å². The third-order valence-corrected chi connectivity index (χ3v) is 4.76. The molecule has 148 valence electrons. The predicted molar refractivity (Wildman–Crippen MR) is 113 cm³/mol. The molecule has 0 fully saturated rings. The van der Waals surface area contributed by atoms with E-state index in [1.807, 2.05) is 24.4 Å². The van der Waals surface area contributed by atoms with Crippen LogP contribution in [0, 0.1) is 6.92 Å². The van der Waals surface area contributed by atoms with Crippen LogP contribution in [0.4, 0.5) is 0 Å². The molecule has 0 saturated carbocycles. The van der Waals surface area contributed by atoms with Crippen molar-refractivity contribution in [3.05, 3.63) is 59.9 Å². The molecule has 29 heavy (non-hydrogen) atoms. The number of H-pyrrole nitrogens is 1. The zero-order chi connectivity index (χ0) is 20.8. The van der Waals surface area contributed by atoms with E-state index in [4.69, 9.17) is 14.9 Å². The van der Waals surface area contributed by atoms with Gasteiger partial charge in [-0.3, -0.25) is 9.59 Å². The Hall–Kier alpha value is -3.74. The van der Waals surface area contributed by atoms with E-state index in [-0.39, 0.29) is 12.4 Å². The zero-order valence-corrected chi connectivity index (χ0v) is 16.3. The molecule has 3 N–H and O–H groups in total. The summed E-state index contributed by atoms with van der Waals surface area (Å²) >= 11 is 0. The molecule has 7 heteroatoms. The van der Waals surface area contributed by atoms with Crippen LogP contribution in [0.1, 0.15) is 17.5 Å². The van der Waals surface area contributed by atoms with Crippen molar-refractivity contribution in [1.82, 2.24) is 20.3 Å². The molecule has 0 unspecified atom stereocenters. The van der Waals surface area contributed by atoms with Crippen LogP contribution in [0.2, 0.25) is 0 Å².